The zero-order chi connectivity index (χ0) is 39.5. The molecule has 57 heavy (non-hydrogen) atoms. The van der Waals surface area contributed by atoms with E-state index in [2.05, 4.69) is 36.6 Å². The zero-order valence-electron chi connectivity index (χ0n) is 29.8. The minimum Gasteiger partial charge on any atom is -0.744 e. The second-order valence-electron chi connectivity index (χ2n) is 11.5. The summed E-state index contributed by atoms with van der Waals surface area (Å²) in [7, 11) is -10.7. The number of Topliss-reactive ketones (excluding diaryl/α,β-unsaturated/α-hetero) is 1. The molecule has 0 saturated carbocycles. The molecule has 0 aromatic heterocycles. The number of hydrogen-bond donors (Lipinski definition) is 5. The van der Waals surface area contributed by atoms with E-state index in [-0.39, 0.29) is 81.8 Å². The molecule has 4 aromatic rings. The minimum absolute atomic E-state index is 0. The summed E-state index contributed by atoms with van der Waals surface area (Å²) >= 11 is 0. The number of hydrazone groups is 2. The molecule has 18 nitrogen and oxygen atoms in total. The van der Waals surface area contributed by atoms with E-state index in [9.17, 15) is 40.3 Å². The summed E-state index contributed by atoms with van der Waals surface area (Å²) in [6.45, 7) is 0. The molecule has 0 saturated heterocycles. The van der Waals surface area contributed by atoms with Gasteiger partial charge in [-0.2, -0.15) is 15.3 Å². The van der Waals surface area contributed by atoms with Gasteiger partial charge in [-0.3, -0.25) is 25.2 Å². The number of amides is 1. The molecular formula is C35H25N9Na2O9S2. The van der Waals surface area contributed by atoms with E-state index in [1.54, 1.807) is 54.6 Å². The molecule has 2 aliphatic carbocycles. The standard InChI is InChI=1S/C35H27N9O9S2.2Na/c36-26-18-25(45)14-15-27(26)42-39-24-12-10-21(11-13-24)38-35(47)19-6-8-23(9-7-19)41-43-32-28(54(48,49)50)16-20-17-29(55(51,52)53)33(34(46)30(20)31(32)37)44-40-22-4-2-1-3-5-22;;/h1-18,39-40H,36-37H2,(H,38,47)(H,48,49,50)(H,51,52,53);;/q;2*+1/p-2/b42-27-,43-41?,44-33-;;. The quantitative estimate of drug-likeness (QED) is 0.0293. The Morgan fingerprint density at radius 2 is 1.32 bits per heavy atom. The van der Waals surface area contributed by atoms with E-state index >= 15 is 0 Å². The number of anilines is 4. The van der Waals surface area contributed by atoms with Gasteiger partial charge in [0.05, 0.1) is 43.8 Å². The molecule has 0 heterocycles. The Bertz CT molecular complexity index is 2680. The van der Waals surface area contributed by atoms with Gasteiger partial charge in [0.15, 0.2) is 5.78 Å². The Morgan fingerprint density at radius 1 is 0.702 bits per heavy atom. The Kier molecular flexibility index (Phi) is 14.4. The number of nitrogens with zero attached hydrogens (tertiary/aromatic N) is 4. The maximum Gasteiger partial charge on any atom is 1.00 e. The van der Waals surface area contributed by atoms with Crippen molar-refractivity contribution in [2.45, 2.75) is 4.90 Å². The largest absolute Gasteiger partial charge is 1.00 e. The van der Waals surface area contributed by atoms with Gasteiger partial charge in [-0.05, 0) is 90.5 Å². The molecule has 4 aromatic carbocycles. The SMILES string of the molecule is NC1=CC(=O)C=C/C1=N/Nc1ccc(NC(=O)c2ccc(N=Nc3c(S(=O)(=O)[O-])cc4c(c3N)C(=O)/C(=N\Nc3ccccc3)C(S(=O)(=O)[O-])=C4)cc2)cc1.[Na+].[Na+]. The summed E-state index contributed by atoms with van der Waals surface area (Å²) in [5.41, 5.74) is 16.3. The zero-order valence-corrected chi connectivity index (χ0v) is 35.5. The Hall–Kier alpha value is -5.13. The van der Waals surface area contributed by atoms with Gasteiger partial charge in [0.1, 0.15) is 37.3 Å². The second kappa shape index (κ2) is 18.4. The van der Waals surface area contributed by atoms with Crippen LogP contribution in [0, 0.1) is 0 Å². The first-order valence-corrected chi connectivity index (χ1v) is 18.4. The van der Waals surface area contributed by atoms with Gasteiger partial charge >= 0.3 is 59.1 Å². The summed E-state index contributed by atoms with van der Waals surface area (Å²) in [6, 6.07) is 20.7. The number of allylic oxidation sites excluding steroid dienone is 4. The number of azo groups is 1. The third-order valence-electron chi connectivity index (χ3n) is 7.75. The van der Waals surface area contributed by atoms with Crippen LogP contribution in [0.2, 0.25) is 0 Å². The first-order chi connectivity index (χ1) is 26.1. The Balaban J connectivity index is 0.00000360. The third-order valence-corrected chi connectivity index (χ3v) is 9.45. The van der Waals surface area contributed by atoms with Crippen molar-refractivity contribution in [3.63, 3.8) is 0 Å². The molecule has 22 heteroatoms. The number of rotatable bonds is 10. The van der Waals surface area contributed by atoms with Crippen molar-refractivity contribution in [2.75, 3.05) is 21.9 Å². The first-order valence-electron chi connectivity index (χ1n) is 15.6. The molecule has 7 N–H and O–H groups in total. The average Bonchev–Trinajstić information content (AvgIpc) is 3.14. The van der Waals surface area contributed by atoms with Crippen LogP contribution in [-0.4, -0.2) is 54.8 Å². The van der Waals surface area contributed by atoms with Crippen LogP contribution in [0.1, 0.15) is 26.3 Å². The molecule has 278 valence electrons. The fourth-order valence-electron chi connectivity index (χ4n) is 5.10. The van der Waals surface area contributed by atoms with Crippen LogP contribution < -0.4 is 86.8 Å². The molecule has 6 rings (SSSR count). The number of nitrogens with one attached hydrogen (secondary N) is 3. The van der Waals surface area contributed by atoms with Crippen LogP contribution >= 0.6 is 0 Å². The van der Waals surface area contributed by atoms with Crippen molar-refractivity contribution in [3.8, 4) is 0 Å². The van der Waals surface area contributed by atoms with Crippen LogP contribution in [0.25, 0.3) is 6.08 Å². The van der Waals surface area contributed by atoms with Gasteiger partial charge in [-0.25, -0.2) is 16.8 Å². The van der Waals surface area contributed by atoms with E-state index in [4.69, 9.17) is 11.5 Å². The van der Waals surface area contributed by atoms with E-state index < -0.39 is 69.9 Å². The molecule has 0 fully saturated rings. The summed E-state index contributed by atoms with van der Waals surface area (Å²) in [4.78, 5) is 35.8. The normalized spacial score (nSPS) is 15.3. The number of nitrogens with two attached hydrogens (primary N) is 2. The number of carbonyl (C=O) groups is 3. The van der Waals surface area contributed by atoms with Gasteiger partial charge in [-0.15, -0.1) is 5.11 Å². The van der Waals surface area contributed by atoms with Crippen LogP contribution in [0.3, 0.4) is 0 Å². The van der Waals surface area contributed by atoms with Gasteiger partial charge in [0.2, 0.25) is 5.78 Å². The van der Waals surface area contributed by atoms with Crippen molar-refractivity contribution in [3.05, 3.63) is 130 Å². The van der Waals surface area contributed by atoms with Gasteiger partial charge in [-0.1, -0.05) is 18.2 Å². The molecular weight excluding hydrogens is 801 g/mol. The first kappa shape index (κ1) is 44.6. The van der Waals surface area contributed by atoms with Crippen molar-refractivity contribution < 1.29 is 99.4 Å². The monoisotopic (exact) mass is 825 g/mol. The topological polar surface area (TPSA) is 303 Å². The van der Waals surface area contributed by atoms with Crippen LogP contribution in [0.5, 0.6) is 0 Å². The van der Waals surface area contributed by atoms with E-state index in [0.29, 0.717) is 34.9 Å². The fraction of sp³-hybridized carbons (Fsp3) is 0. The number of hydrogen-bond acceptors (Lipinski definition) is 17. The van der Waals surface area contributed by atoms with Crippen LogP contribution in [-0.2, 0) is 25.0 Å². The minimum atomic E-state index is -5.37. The van der Waals surface area contributed by atoms with Crippen molar-refractivity contribution in [2.24, 2.45) is 26.2 Å². The number of ketones is 2. The molecule has 0 aliphatic heterocycles. The molecule has 0 atom stereocenters. The van der Waals surface area contributed by atoms with Crippen LogP contribution in [0.4, 0.5) is 34.1 Å². The maximum absolute atomic E-state index is 13.6. The van der Waals surface area contributed by atoms with Gasteiger partial charge in [0, 0.05) is 17.3 Å². The van der Waals surface area contributed by atoms with Crippen LogP contribution in [0.15, 0.2) is 139 Å². The second-order valence-corrected chi connectivity index (χ2v) is 14.2. The van der Waals surface area contributed by atoms with Crippen molar-refractivity contribution >= 4 is 89.3 Å². The maximum atomic E-state index is 13.6. The summed E-state index contributed by atoms with van der Waals surface area (Å²) in [5, 5.41) is 18.5. The van der Waals surface area contributed by atoms with Gasteiger partial charge < -0.3 is 25.9 Å². The average molecular weight is 826 g/mol. The van der Waals surface area contributed by atoms with Crippen molar-refractivity contribution in [1.29, 1.82) is 0 Å². The van der Waals surface area contributed by atoms with E-state index in [1.807, 2.05) is 0 Å². The van der Waals surface area contributed by atoms with Crippen molar-refractivity contribution in [1.82, 2.24) is 0 Å². The fourth-order valence-corrected chi connectivity index (χ4v) is 6.40. The van der Waals surface area contributed by atoms with E-state index in [1.165, 1.54) is 42.5 Å². The molecule has 0 radical (unpaired) electrons. The number of carbonyl (C=O) groups excluding carboxylic acids is 3. The number of nitrogen functional groups attached to an aromatic ring is 1. The number of para-hydroxylation sites is 1. The summed E-state index contributed by atoms with van der Waals surface area (Å²) < 4.78 is 73.3. The molecule has 0 spiro atoms. The molecule has 2 aliphatic rings. The molecule has 1 amide bonds. The summed E-state index contributed by atoms with van der Waals surface area (Å²) in [6.07, 6.45) is 4.75. The van der Waals surface area contributed by atoms with Gasteiger partial charge in [0.25, 0.3) is 5.91 Å². The Labute approximate surface area is 369 Å². The predicted molar refractivity (Wildman–Crippen MR) is 201 cm³/mol. The molecule has 0 bridgehead atoms. The molecule has 0 unspecified atom stereocenters. The predicted octanol–water partition coefficient (Wildman–Crippen LogP) is -1.85. The number of benzene rings is 4. The summed E-state index contributed by atoms with van der Waals surface area (Å²) in [5.74, 6) is -1.91. The number of fused-ring (bicyclic) bond motifs is 1. The van der Waals surface area contributed by atoms with E-state index in [0.717, 1.165) is 0 Å². The Morgan fingerprint density at radius 3 is 1.93 bits per heavy atom. The smallest absolute Gasteiger partial charge is 0.744 e. The third kappa shape index (κ3) is 10.6.